The Morgan fingerprint density at radius 3 is 2.34 bits per heavy atom. The Morgan fingerprint density at radius 1 is 0.943 bits per heavy atom. The van der Waals surface area contributed by atoms with Crippen LogP contribution in [0.4, 0.5) is 5.69 Å². The minimum absolute atomic E-state index is 0.266. The summed E-state index contributed by atoms with van der Waals surface area (Å²) in [4.78, 5) is 53.3. The number of benzene rings is 3. The zero-order valence-electron chi connectivity index (χ0n) is 19.4. The predicted octanol–water partition coefficient (Wildman–Crippen LogP) is 3.19. The minimum atomic E-state index is -1.20. The first-order valence-corrected chi connectivity index (χ1v) is 11.1. The molecule has 3 aromatic rings. The van der Waals surface area contributed by atoms with Crippen molar-refractivity contribution in [3.8, 4) is 5.75 Å². The van der Waals surface area contributed by atoms with Gasteiger partial charge in [0.1, 0.15) is 11.8 Å². The number of aryl methyl sites for hydroxylation is 2. The number of ether oxygens (including phenoxy) is 1. The molecule has 0 bridgehead atoms. The molecule has 1 fully saturated rings. The Bertz CT molecular complexity index is 1260. The lowest BCUT2D eigenvalue weighted by Gasteiger charge is -2.28. The molecule has 1 atom stereocenters. The van der Waals surface area contributed by atoms with Gasteiger partial charge in [0.25, 0.3) is 17.7 Å². The molecule has 0 radical (unpaired) electrons. The predicted molar refractivity (Wildman–Crippen MR) is 130 cm³/mol. The average Bonchev–Trinajstić information content (AvgIpc) is 3.15. The second-order valence-corrected chi connectivity index (χ2v) is 8.30. The Labute approximate surface area is 203 Å². The highest BCUT2D eigenvalue weighted by Gasteiger charge is 2.45. The van der Waals surface area contributed by atoms with E-state index in [9.17, 15) is 19.2 Å². The second kappa shape index (κ2) is 10.2. The summed E-state index contributed by atoms with van der Waals surface area (Å²) in [5.41, 5.74) is 5.10. The maximum atomic E-state index is 13.3. The fraction of sp³-hybridized carbons (Fsp3) is 0.185. The summed E-state index contributed by atoms with van der Waals surface area (Å²) >= 11 is 0. The van der Waals surface area contributed by atoms with Gasteiger partial charge in [-0.3, -0.25) is 24.6 Å². The Balaban J connectivity index is 1.59. The van der Waals surface area contributed by atoms with Gasteiger partial charge >= 0.3 is 0 Å². The van der Waals surface area contributed by atoms with E-state index in [2.05, 4.69) is 5.43 Å². The first-order valence-electron chi connectivity index (χ1n) is 11.1. The monoisotopic (exact) mass is 471 g/mol. The van der Waals surface area contributed by atoms with E-state index in [0.717, 1.165) is 21.0 Å². The highest BCUT2D eigenvalue weighted by Crippen LogP contribution is 2.26. The fourth-order valence-corrected chi connectivity index (χ4v) is 3.78. The van der Waals surface area contributed by atoms with Crippen molar-refractivity contribution in [3.63, 3.8) is 0 Å². The third-order valence-corrected chi connectivity index (χ3v) is 5.60. The van der Waals surface area contributed by atoms with E-state index >= 15 is 0 Å². The van der Waals surface area contributed by atoms with Gasteiger partial charge in [0.15, 0.2) is 6.61 Å². The molecular weight excluding hydrogens is 446 g/mol. The van der Waals surface area contributed by atoms with Crippen molar-refractivity contribution in [2.75, 3.05) is 11.5 Å². The van der Waals surface area contributed by atoms with Crippen LogP contribution in [0, 0.1) is 13.8 Å². The number of carbonyl (C=O) groups excluding carboxylic acids is 4. The summed E-state index contributed by atoms with van der Waals surface area (Å²) in [5, 5.41) is 0.918. The molecule has 0 aromatic heterocycles. The third kappa shape index (κ3) is 5.38. The summed E-state index contributed by atoms with van der Waals surface area (Å²) in [5.74, 6) is -1.84. The van der Waals surface area contributed by atoms with E-state index in [-0.39, 0.29) is 6.42 Å². The van der Waals surface area contributed by atoms with E-state index in [1.165, 1.54) is 0 Å². The molecule has 35 heavy (non-hydrogen) atoms. The molecule has 178 valence electrons. The standard InChI is InChI=1S/C27H25N3O5/c1-18-11-13-20(14-12-18)26(33)28-30(25(32)17-35-22-9-4-3-5-10-22)23-16-24(31)29(27(23)34)21-8-6-7-19(2)15-21/h3-15,23H,16-17H2,1-2H3,(H,28,33). The molecule has 1 aliphatic rings. The van der Waals surface area contributed by atoms with E-state index in [1.54, 1.807) is 66.7 Å². The van der Waals surface area contributed by atoms with E-state index < -0.39 is 36.3 Å². The quantitative estimate of drug-likeness (QED) is 0.440. The number of carbonyl (C=O) groups is 4. The van der Waals surface area contributed by atoms with Crippen LogP contribution in [0.25, 0.3) is 0 Å². The Hall–Kier alpha value is -4.46. The summed E-state index contributed by atoms with van der Waals surface area (Å²) in [6.07, 6.45) is -0.266. The van der Waals surface area contributed by atoms with E-state index in [1.807, 2.05) is 26.0 Å². The normalized spacial score (nSPS) is 15.1. The lowest BCUT2D eigenvalue weighted by Crippen LogP contribution is -2.56. The molecule has 4 amide bonds. The lowest BCUT2D eigenvalue weighted by molar-refractivity contribution is -0.142. The fourth-order valence-electron chi connectivity index (χ4n) is 3.78. The van der Waals surface area contributed by atoms with Gasteiger partial charge in [0, 0.05) is 5.56 Å². The number of para-hydroxylation sites is 1. The molecule has 4 rings (SSSR count). The number of imide groups is 1. The summed E-state index contributed by atoms with van der Waals surface area (Å²) in [7, 11) is 0. The van der Waals surface area contributed by atoms with Crippen molar-refractivity contribution in [2.45, 2.75) is 26.3 Å². The largest absolute Gasteiger partial charge is 0.484 e. The van der Waals surface area contributed by atoms with Crippen LogP contribution in [0.15, 0.2) is 78.9 Å². The third-order valence-electron chi connectivity index (χ3n) is 5.60. The average molecular weight is 472 g/mol. The lowest BCUT2D eigenvalue weighted by atomic mass is 10.1. The molecule has 0 spiro atoms. The Kier molecular flexibility index (Phi) is 6.91. The van der Waals surface area contributed by atoms with Crippen molar-refractivity contribution in [1.82, 2.24) is 10.4 Å². The number of nitrogens with zero attached hydrogens (tertiary/aromatic N) is 2. The molecule has 1 heterocycles. The highest BCUT2D eigenvalue weighted by atomic mass is 16.5. The van der Waals surface area contributed by atoms with Gasteiger partial charge in [0.05, 0.1) is 12.1 Å². The maximum absolute atomic E-state index is 13.3. The van der Waals surface area contributed by atoms with Crippen molar-refractivity contribution < 1.29 is 23.9 Å². The number of anilines is 1. The van der Waals surface area contributed by atoms with Crippen LogP contribution >= 0.6 is 0 Å². The smallest absolute Gasteiger partial charge is 0.279 e. The van der Waals surface area contributed by atoms with Crippen LogP contribution in [0.5, 0.6) is 5.75 Å². The van der Waals surface area contributed by atoms with Crippen molar-refractivity contribution in [1.29, 1.82) is 0 Å². The van der Waals surface area contributed by atoms with Gasteiger partial charge in [0.2, 0.25) is 5.91 Å². The van der Waals surface area contributed by atoms with Gasteiger partial charge in [-0.05, 0) is 55.8 Å². The molecule has 8 nitrogen and oxygen atoms in total. The van der Waals surface area contributed by atoms with Crippen LogP contribution in [0.1, 0.15) is 27.9 Å². The van der Waals surface area contributed by atoms with Crippen LogP contribution in [-0.4, -0.2) is 41.3 Å². The maximum Gasteiger partial charge on any atom is 0.279 e. The summed E-state index contributed by atoms with van der Waals surface area (Å²) in [6, 6.07) is 21.2. The summed E-state index contributed by atoms with van der Waals surface area (Å²) in [6.45, 7) is 3.31. The molecule has 1 unspecified atom stereocenters. The number of hydrogen-bond acceptors (Lipinski definition) is 5. The zero-order valence-corrected chi connectivity index (χ0v) is 19.4. The van der Waals surface area contributed by atoms with Gasteiger partial charge in [-0.2, -0.15) is 0 Å². The molecule has 3 aromatic carbocycles. The van der Waals surface area contributed by atoms with Gasteiger partial charge in [-0.1, -0.05) is 48.0 Å². The van der Waals surface area contributed by atoms with Crippen LogP contribution in [-0.2, 0) is 14.4 Å². The second-order valence-electron chi connectivity index (χ2n) is 8.30. The summed E-state index contributed by atoms with van der Waals surface area (Å²) < 4.78 is 5.55. The Morgan fingerprint density at radius 2 is 1.66 bits per heavy atom. The molecular formula is C27H25N3O5. The number of amides is 4. The molecule has 1 aliphatic heterocycles. The van der Waals surface area contributed by atoms with E-state index in [0.29, 0.717) is 17.0 Å². The molecule has 1 N–H and O–H groups in total. The van der Waals surface area contributed by atoms with Gasteiger partial charge in [-0.25, -0.2) is 9.91 Å². The van der Waals surface area contributed by atoms with Crippen molar-refractivity contribution >= 4 is 29.3 Å². The van der Waals surface area contributed by atoms with Crippen LogP contribution < -0.4 is 15.1 Å². The molecule has 1 saturated heterocycles. The van der Waals surface area contributed by atoms with E-state index in [4.69, 9.17) is 4.74 Å². The molecule has 0 aliphatic carbocycles. The SMILES string of the molecule is Cc1ccc(C(=O)NN(C(=O)COc2ccccc2)C2CC(=O)N(c3cccc(C)c3)C2=O)cc1. The number of hydrogen-bond donors (Lipinski definition) is 1. The van der Waals surface area contributed by atoms with Crippen molar-refractivity contribution in [2.24, 2.45) is 0 Å². The topological polar surface area (TPSA) is 96.0 Å². The first-order chi connectivity index (χ1) is 16.8. The highest BCUT2D eigenvalue weighted by molar-refractivity contribution is 6.23. The van der Waals surface area contributed by atoms with Crippen LogP contribution in [0.3, 0.4) is 0 Å². The number of nitrogens with one attached hydrogen (secondary N) is 1. The number of rotatable bonds is 6. The molecule has 0 saturated carbocycles. The van der Waals surface area contributed by atoms with Gasteiger partial charge < -0.3 is 4.74 Å². The van der Waals surface area contributed by atoms with Gasteiger partial charge in [-0.15, -0.1) is 0 Å². The first kappa shape index (κ1) is 23.7. The molecule has 8 heteroatoms. The minimum Gasteiger partial charge on any atom is -0.484 e. The zero-order chi connectivity index (χ0) is 24.9. The van der Waals surface area contributed by atoms with Crippen molar-refractivity contribution in [3.05, 3.63) is 95.6 Å². The van der Waals surface area contributed by atoms with Crippen LogP contribution in [0.2, 0.25) is 0 Å². The number of hydrazine groups is 1.